The number of likely N-dealkylation sites (N-methyl/N-ethyl adjacent to an activating group) is 1. The van der Waals surface area contributed by atoms with Crippen molar-refractivity contribution in [2.75, 3.05) is 13.7 Å². The van der Waals surface area contributed by atoms with E-state index in [1.54, 1.807) is 0 Å². The summed E-state index contributed by atoms with van der Waals surface area (Å²) in [6.45, 7) is 3.24. The average Bonchev–Trinajstić information content (AvgIpc) is 2.42. The van der Waals surface area contributed by atoms with Gasteiger partial charge in [0.05, 0.1) is 6.10 Å². The Kier molecular flexibility index (Phi) is 9.59. The SMILES string of the molecule is CCCCCCCCCOC1CCCCC1NC. The van der Waals surface area contributed by atoms with E-state index in [0.29, 0.717) is 12.1 Å². The first kappa shape index (κ1) is 16.0. The minimum absolute atomic E-state index is 0.476. The van der Waals surface area contributed by atoms with Crippen LogP contribution in [0.4, 0.5) is 0 Å². The highest BCUT2D eigenvalue weighted by Gasteiger charge is 2.23. The summed E-state index contributed by atoms with van der Waals surface area (Å²) in [5.41, 5.74) is 0. The quantitative estimate of drug-likeness (QED) is 0.588. The van der Waals surface area contributed by atoms with Gasteiger partial charge < -0.3 is 10.1 Å². The van der Waals surface area contributed by atoms with Crippen LogP contribution in [-0.4, -0.2) is 25.8 Å². The lowest BCUT2D eigenvalue weighted by Gasteiger charge is -2.31. The first-order chi connectivity index (χ1) is 8.88. The first-order valence-corrected chi connectivity index (χ1v) is 8.17. The average molecular weight is 255 g/mol. The molecule has 0 heterocycles. The van der Waals surface area contributed by atoms with Gasteiger partial charge in [-0.15, -0.1) is 0 Å². The fourth-order valence-corrected chi connectivity index (χ4v) is 2.92. The second kappa shape index (κ2) is 10.8. The first-order valence-electron chi connectivity index (χ1n) is 8.17. The maximum atomic E-state index is 6.05. The molecule has 2 nitrogen and oxygen atoms in total. The second-order valence-electron chi connectivity index (χ2n) is 5.71. The van der Waals surface area contributed by atoms with Gasteiger partial charge in [-0.25, -0.2) is 0 Å². The van der Waals surface area contributed by atoms with Gasteiger partial charge in [-0.1, -0.05) is 58.3 Å². The van der Waals surface area contributed by atoms with Crippen molar-refractivity contribution >= 4 is 0 Å². The van der Waals surface area contributed by atoms with Crippen molar-refractivity contribution in [2.45, 2.75) is 89.7 Å². The Balaban J connectivity index is 1.93. The molecule has 1 fully saturated rings. The zero-order valence-corrected chi connectivity index (χ0v) is 12.5. The van der Waals surface area contributed by atoms with Crippen LogP contribution in [-0.2, 0) is 4.74 Å². The maximum Gasteiger partial charge on any atom is 0.0727 e. The largest absolute Gasteiger partial charge is 0.377 e. The molecule has 2 atom stereocenters. The van der Waals surface area contributed by atoms with Crippen molar-refractivity contribution in [3.8, 4) is 0 Å². The zero-order valence-electron chi connectivity index (χ0n) is 12.5. The summed E-state index contributed by atoms with van der Waals surface area (Å²) in [6.07, 6.45) is 15.3. The van der Waals surface area contributed by atoms with Crippen LogP contribution < -0.4 is 5.32 Å². The van der Waals surface area contributed by atoms with Gasteiger partial charge in [0.1, 0.15) is 0 Å². The number of ether oxygens (including phenoxy) is 1. The van der Waals surface area contributed by atoms with E-state index in [4.69, 9.17) is 4.74 Å². The molecule has 0 saturated heterocycles. The predicted octanol–water partition coefficient (Wildman–Crippen LogP) is 4.28. The molecule has 0 aromatic heterocycles. The maximum absolute atomic E-state index is 6.05. The number of hydrogen-bond acceptors (Lipinski definition) is 2. The van der Waals surface area contributed by atoms with Crippen molar-refractivity contribution in [1.82, 2.24) is 5.32 Å². The minimum atomic E-state index is 0.476. The van der Waals surface area contributed by atoms with E-state index in [1.165, 1.54) is 70.6 Å². The van der Waals surface area contributed by atoms with Gasteiger partial charge in [0.15, 0.2) is 0 Å². The number of nitrogens with one attached hydrogen (secondary N) is 1. The zero-order chi connectivity index (χ0) is 13.1. The molecule has 1 rings (SSSR count). The smallest absolute Gasteiger partial charge is 0.0727 e. The fourth-order valence-electron chi connectivity index (χ4n) is 2.92. The molecule has 0 spiro atoms. The van der Waals surface area contributed by atoms with E-state index in [2.05, 4.69) is 19.3 Å². The highest BCUT2D eigenvalue weighted by Crippen LogP contribution is 2.21. The van der Waals surface area contributed by atoms with Gasteiger partial charge in [0.2, 0.25) is 0 Å². The van der Waals surface area contributed by atoms with Crippen molar-refractivity contribution in [2.24, 2.45) is 0 Å². The Morgan fingerprint density at radius 1 is 0.944 bits per heavy atom. The standard InChI is InChI=1S/C16H33NO/c1-3-4-5-6-7-8-11-14-18-16-13-10-9-12-15(16)17-2/h15-17H,3-14H2,1-2H3. The summed E-state index contributed by atoms with van der Waals surface area (Å²) in [7, 11) is 2.07. The molecule has 2 unspecified atom stereocenters. The molecule has 1 aliphatic carbocycles. The topological polar surface area (TPSA) is 21.3 Å². The van der Waals surface area contributed by atoms with Crippen LogP contribution in [0.3, 0.4) is 0 Å². The van der Waals surface area contributed by atoms with E-state index in [1.807, 2.05) is 0 Å². The van der Waals surface area contributed by atoms with Gasteiger partial charge in [0, 0.05) is 12.6 Å². The molecule has 1 saturated carbocycles. The van der Waals surface area contributed by atoms with Crippen LogP contribution in [0.1, 0.15) is 77.6 Å². The summed E-state index contributed by atoms with van der Waals surface area (Å²) in [5, 5.41) is 3.40. The molecular formula is C16H33NO. The van der Waals surface area contributed by atoms with E-state index >= 15 is 0 Å². The Hall–Kier alpha value is -0.0800. The van der Waals surface area contributed by atoms with E-state index in [9.17, 15) is 0 Å². The summed E-state index contributed by atoms with van der Waals surface area (Å²) < 4.78 is 6.05. The fraction of sp³-hybridized carbons (Fsp3) is 1.00. The van der Waals surface area contributed by atoms with Crippen molar-refractivity contribution in [3.05, 3.63) is 0 Å². The molecule has 18 heavy (non-hydrogen) atoms. The molecule has 0 bridgehead atoms. The number of rotatable bonds is 10. The van der Waals surface area contributed by atoms with Gasteiger partial charge in [-0.2, -0.15) is 0 Å². The Bertz CT molecular complexity index is 184. The third-order valence-electron chi connectivity index (χ3n) is 4.15. The monoisotopic (exact) mass is 255 g/mol. The van der Waals surface area contributed by atoms with Gasteiger partial charge in [-0.3, -0.25) is 0 Å². The summed E-state index contributed by atoms with van der Waals surface area (Å²) in [5.74, 6) is 0. The third-order valence-corrected chi connectivity index (χ3v) is 4.15. The number of unbranched alkanes of at least 4 members (excludes halogenated alkanes) is 6. The highest BCUT2D eigenvalue weighted by molar-refractivity contribution is 4.80. The Labute approximate surface area is 114 Å². The Morgan fingerprint density at radius 2 is 1.61 bits per heavy atom. The lowest BCUT2D eigenvalue weighted by atomic mass is 9.92. The molecular weight excluding hydrogens is 222 g/mol. The summed E-state index contributed by atoms with van der Waals surface area (Å²) in [4.78, 5) is 0. The van der Waals surface area contributed by atoms with Crippen LogP contribution in [0, 0.1) is 0 Å². The van der Waals surface area contributed by atoms with E-state index in [-0.39, 0.29) is 0 Å². The molecule has 0 amide bonds. The minimum Gasteiger partial charge on any atom is -0.377 e. The summed E-state index contributed by atoms with van der Waals surface area (Å²) >= 11 is 0. The van der Waals surface area contributed by atoms with Crippen molar-refractivity contribution in [3.63, 3.8) is 0 Å². The molecule has 1 N–H and O–H groups in total. The molecule has 0 aromatic rings. The summed E-state index contributed by atoms with van der Waals surface area (Å²) in [6, 6.07) is 0.600. The van der Waals surface area contributed by atoms with Crippen molar-refractivity contribution < 1.29 is 4.74 Å². The van der Waals surface area contributed by atoms with E-state index < -0.39 is 0 Å². The number of hydrogen-bond donors (Lipinski definition) is 1. The Morgan fingerprint density at radius 3 is 2.33 bits per heavy atom. The van der Waals surface area contributed by atoms with Gasteiger partial charge in [-0.05, 0) is 26.3 Å². The second-order valence-corrected chi connectivity index (χ2v) is 5.71. The predicted molar refractivity (Wildman–Crippen MR) is 79.0 cm³/mol. The third kappa shape index (κ3) is 6.75. The lowest BCUT2D eigenvalue weighted by molar-refractivity contribution is 0.00531. The molecule has 108 valence electrons. The van der Waals surface area contributed by atoms with Crippen LogP contribution in [0.15, 0.2) is 0 Å². The van der Waals surface area contributed by atoms with Crippen LogP contribution in [0.25, 0.3) is 0 Å². The van der Waals surface area contributed by atoms with E-state index in [0.717, 1.165) is 6.61 Å². The molecule has 1 aliphatic rings. The van der Waals surface area contributed by atoms with Crippen LogP contribution in [0.2, 0.25) is 0 Å². The molecule has 0 radical (unpaired) electrons. The highest BCUT2D eigenvalue weighted by atomic mass is 16.5. The lowest BCUT2D eigenvalue weighted by Crippen LogP contribution is -2.41. The van der Waals surface area contributed by atoms with Gasteiger partial charge >= 0.3 is 0 Å². The van der Waals surface area contributed by atoms with Crippen molar-refractivity contribution in [1.29, 1.82) is 0 Å². The van der Waals surface area contributed by atoms with Crippen LogP contribution in [0.5, 0.6) is 0 Å². The van der Waals surface area contributed by atoms with Gasteiger partial charge in [0.25, 0.3) is 0 Å². The normalized spacial score (nSPS) is 24.3. The molecule has 2 heteroatoms. The molecule has 0 aliphatic heterocycles. The molecule has 0 aromatic carbocycles. The van der Waals surface area contributed by atoms with Crippen LogP contribution >= 0.6 is 0 Å².